The fourth-order valence-electron chi connectivity index (χ4n) is 1.43. The van der Waals surface area contributed by atoms with Gasteiger partial charge in [0, 0.05) is 12.1 Å². The van der Waals surface area contributed by atoms with E-state index in [9.17, 15) is 18.0 Å². The Hall–Kier alpha value is -2.23. The average molecular weight is 304 g/mol. The quantitative estimate of drug-likeness (QED) is 0.652. The fraction of sp³-hybridized carbons (Fsp3) is 0.100. The van der Waals surface area contributed by atoms with Crippen molar-refractivity contribution in [3.05, 3.63) is 29.6 Å². The number of nitrogen functional groups attached to an aromatic ring is 1. The number of benzene rings is 1. The van der Waals surface area contributed by atoms with Crippen LogP contribution in [0.5, 0.6) is 0 Å². The Morgan fingerprint density at radius 3 is 2.45 bits per heavy atom. The Morgan fingerprint density at radius 1 is 1.30 bits per heavy atom. The molecule has 2 rings (SSSR count). The second kappa shape index (κ2) is 5.41. The molecule has 0 spiro atoms. The monoisotopic (exact) mass is 304 g/mol. The van der Waals surface area contributed by atoms with Crippen molar-refractivity contribution >= 4 is 17.7 Å². The molecule has 20 heavy (non-hydrogen) atoms. The lowest BCUT2D eigenvalue weighted by Gasteiger charge is -2.05. The van der Waals surface area contributed by atoms with Gasteiger partial charge in [-0.2, -0.15) is 0 Å². The zero-order chi connectivity index (χ0) is 14.9. The summed E-state index contributed by atoms with van der Waals surface area (Å²) in [7, 11) is 0. The lowest BCUT2D eigenvalue weighted by Crippen LogP contribution is -2.13. The lowest BCUT2D eigenvalue weighted by molar-refractivity contribution is -0.133. The summed E-state index contributed by atoms with van der Waals surface area (Å²) in [4.78, 5) is 10.4. The summed E-state index contributed by atoms with van der Waals surface area (Å²) in [6.07, 6.45) is 0. The SMILES string of the molecule is Nn1c(SCC(=O)O)nnc1-c1c(F)cc(F)cc1F. The Bertz CT molecular complexity index is 654. The maximum atomic E-state index is 13.6. The number of nitrogens with two attached hydrogens (primary N) is 1. The predicted molar refractivity (Wildman–Crippen MR) is 63.8 cm³/mol. The number of thioether (sulfide) groups is 1. The molecule has 0 aliphatic rings. The first-order valence-electron chi connectivity index (χ1n) is 5.10. The van der Waals surface area contributed by atoms with Crippen LogP contribution in [-0.2, 0) is 4.79 Å². The maximum Gasteiger partial charge on any atom is 0.313 e. The molecule has 0 amide bonds. The van der Waals surface area contributed by atoms with Gasteiger partial charge in [0.05, 0.1) is 11.3 Å². The van der Waals surface area contributed by atoms with E-state index >= 15 is 0 Å². The van der Waals surface area contributed by atoms with Gasteiger partial charge in [-0.05, 0) is 0 Å². The Labute approximate surface area is 114 Å². The van der Waals surface area contributed by atoms with Crippen LogP contribution >= 0.6 is 11.8 Å². The summed E-state index contributed by atoms with van der Waals surface area (Å²) in [6.45, 7) is 0. The van der Waals surface area contributed by atoms with Crippen LogP contribution in [0.4, 0.5) is 13.2 Å². The van der Waals surface area contributed by atoms with Gasteiger partial charge in [0.15, 0.2) is 5.82 Å². The molecule has 1 heterocycles. The number of aliphatic carboxylic acids is 1. The highest BCUT2D eigenvalue weighted by molar-refractivity contribution is 7.99. The van der Waals surface area contributed by atoms with Crippen LogP contribution in [0.1, 0.15) is 0 Å². The zero-order valence-electron chi connectivity index (χ0n) is 9.68. The first-order chi connectivity index (χ1) is 9.40. The molecule has 0 bridgehead atoms. The molecule has 0 aliphatic heterocycles. The normalized spacial score (nSPS) is 10.8. The minimum atomic E-state index is -1.18. The number of nitrogens with zero attached hydrogens (tertiary/aromatic N) is 3. The molecule has 0 atom stereocenters. The van der Waals surface area contributed by atoms with Crippen molar-refractivity contribution in [3.8, 4) is 11.4 Å². The van der Waals surface area contributed by atoms with Crippen molar-refractivity contribution in [2.24, 2.45) is 0 Å². The third-order valence-corrected chi connectivity index (χ3v) is 3.15. The molecule has 1 aromatic carbocycles. The fourth-order valence-corrected chi connectivity index (χ4v) is 2.00. The van der Waals surface area contributed by atoms with E-state index in [0.717, 1.165) is 16.4 Å². The van der Waals surface area contributed by atoms with Crippen LogP contribution in [0.2, 0.25) is 0 Å². The average Bonchev–Trinajstić information content (AvgIpc) is 2.67. The molecule has 0 saturated carbocycles. The zero-order valence-corrected chi connectivity index (χ0v) is 10.5. The molecule has 2 aromatic rings. The van der Waals surface area contributed by atoms with Gasteiger partial charge in [0.25, 0.3) is 0 Å². The van der Waals surface area contributed by atoms with Crippen molar-refractivity contribution in [1.82, 2.24) is 14.9 Å². The molecule has 3 N–H and O–H groups in total. The van der Waals surface area contributed by atoms with Crippen molar-refractivity contribution in [1.29, 1.82) is 0 Å². The molecule has 0 saturated heterocycles. The molecule has 0 fully saturated rings. The Kier molecular flexibility index (Phi) is 3.84. The lowest BCUT2D eigenvalue weighted by atomic mass is 10.2. The first-order valence-corrected chi connectivity index (χ1v) is 6.08. The highest BCUT2D eigenvalue weighted by Crippen LogP contribution is 2.27. The third kappa shape index (κ3) is 2.69. The van der Waals surface area contributed by atoms with Gasteiger partial charge in [-0.25, -0.2) is 17.8 Å². The minimum absolute atomic E-state index is 0.0366. The summed E-state index contributed by atoms with van der Waals surface area (Å²) < 4.78 is 40.7. The van der Waals surface area contributed by atoms with Crippen LogP contribution in [-0.4, -0.2) is 31.7 Å². The first kappa shape index (κ1) is 14.2. The second-order valence-corrected chi connectivity index (χ2v) is 4.55. The van der Waals surface area contributed by atoms with E-state index in [4.69, 9.17) is 10.9 Å². The maximum absolute atomic E-state index is 13.6. The molecule has 0 unspecified atom stereocenters. The smallest absolute Gasteiger partial charge is 0.313 e. The Morgan fingerprint density at radius 2 is 1.90 bits per heavy atom. The van der Waals surface area contributed by atoms with E-state index in [-0.39, 0.29) is 16.7 Å². The molecule has 0 radical (unpaired) electrons. The second-order valence-electron chi connectivity index (χ2n) is 3.60. The summed E-state index contributed by atoms with van der Waals surface area (Å²) in [5.74, 6) is 0.280. The van der Waals surface area contributed by atoms with Crippen LogP contribution in [0.25, 0.3) is 11.4 Å². The summed E-state index contributed by atoms with van der Waals surface area (Å²) >= 11 is 0.731. The standard InChI is InChI=1S/C10H7F3N4O2S/c11-4-1-5(12)8(6(13)2-4)9-15-16-10(17(9)14)20-3-7(18)19/h1-2H,3,14H2,(H,18,19). The summed E-state index contributed by atoms with van der Waals surface area (Å²) in [5, 5.41) is 15.5. The van der Waals surface area contributed by atoms with E-state index < -0.39 is 29.0 Å². The van der Waals surface area contributed by atoms with Crippen molar-refractivity contribution in [2.45, 2.75) is 5.16 Å². The number of aromatic nitrogens is 3. The van der Waals surface area contributed by atoms with Crippen molar-refractivity contribution in [2.75, 3.05) is 11.6 Å². The molecule has 1 aromatic heterocycles. The van der Waals surface area contributed by atoms with Gasteiger partial charge in [-0.15, -0.1) is 10.2 Å². The van der Waals surface area contributed by atoms with Crippen LogP contribution in [0.15, 0.2) is 17.3 Å². The molecular formula is C10H7F3N4O2S. The van der Waals surface area contributed by atoms with E-state index in [1.807, 2.05) is 0 Å². The van der Waals surface area contributed by atoms with Crippen molar-refractivity contribution < 1.29 is 23.1 Å². The highest BCUT2D eigenvalue weighted by atomic mass is 32.2. The van der Waals surface area contributed by atoms with Gasteiger partial charge in [-0.1, -0.05) is 11.8 Å². The highest BCUT2D eigenvalue weighted by Gasteiger charge is 2.21. The third-order valence-electron chi connectivity index (χ3n) is 2.22. The van der Waals surface area contributed by atoms with E-state index in [1.54, 1.807) is 0 Å². The molecule has 6 nitrogen and oxygen atoms in total. The summed E-state index contributed by atoms with van der Waals surface area (Å²) in [5.41, 5.74) is -0.636. The van der Waals surface area contributed by atoms with Gasteiger partial charge in [-0.3, -0.25) is 4.79 Å². The number of halogens is 3. The number of hydrogen-bond acceptors (Lipinski definition) is 5. The van der Waals surface area contributed by atoms with Crippen LogP contribution in [0, 0.1) is 17.5 Å². The van der Waals surface area contributed by atoms with Crippen LogP contribution in [0.3, 0.4) is 0 Å². The van der Waals surface area contributed by atoms with Gasteiger partial charge in [0.1, 0.15) is 17.5 Å². The molecule has 10 heteroatoms. The molecule has 0 aliphatic carbocycles. The van der Waals surface area contributed by atoms with E-state index in [0.29, 0.717) is 12.1 Å². The van der Waals surface area contributed by atoms with Gasteiger partial charge >= 0.3 is 5.97 Å². The summed E-state index contributed by atoms with van der Waals surface area (Å²) in [6, 6.07) is 0.967. The van der Waals surface area contributed by atoms with Crippen LogP contribution < -0.4 is 5.84 Å². The number of rotatable bonds is 4. The van der Waals surface area contributed by atoms with Gasteiger partial charge in [0.2, 0.25) is 5.16 Å². The molecular weight excluding hydrogens is 297 g/mol. The number of hydrogen-bond donors (Lipinski definition) is 2. The largest absolute Gasteiger partial charge is 0.481 e. The number of carboxylic acids is 1. The minimum Gasteiger partial charge on any atom is -0.481 e. The Balaban J connectivity index is 2.42. The predicted octanol–water partition coefficient (Wildman–Crippen LogP) is 1.25. The van der Waals surface area contributed by atoms with E-state index in [1.165, 1.54) is 0 Å². The van der Waals surface area contributed by atoms with E-state index in [2.05, 4.69) is 10.2 Å². The topological polar surface area (TPSA) is 94.0 Å². The van der Waals surface area contributed by atoms with Crippen molar-refractivity contribution in [3.63, 3.8) is 0 Å². The number of carboxylic acid groups (broad SMARTS) is 1. The van der Waals surface area contributed by atoms with Gasteiger partial charge < -0.3 is 10.9 Å². The molecule has 106 valence electrons. The number of carbonyl (C=O) groups is 1.